The SMILES string of the molecule is NNc1ncc([N+](=O)[O-])c(NC2(CO)CCCC2)n1. The zero-order valence-electron chi connectivity index (χ0n) is 10.3. The van der Waals surface area contributed by atoms with Crippen LogP contribution in [-0.2, 0) is 0 Å². The minimum absolute atomic E-state index is 0.0731. The number of nitrogens with one attached hydrogen (secondary N) is 2. The smallest absolute Gasteiger partial charge is 0.329 e. The number of nitrogens with two attached hydrogens (primary N) is 1. The number of nitrogens with zero attached hydrogens (tertiary/aromatic N) is 3. The molecule has 9 heteroatoms. The minimum Gasteiger partial charge on any atom is -0.394 e. The van der Waals surface area contributed by atoms with Gasteiger partial charge in [-0.15, -0.1) is 0 Å². The summed E-state index contributed by atoms with van der Waals surface area (Å²) in [6.45, 7) is -0.0977. The van der Waals surface area contributed by atoms with Gasteiger partial charge in [0.2, 0.25) is 11.8 Å². The summed E-state index contributed by atoms with van der Waals surface area (Å²) in [6.07, 6.45) is 4.51. The average molecular weight is 268 g/mol. The highest BCUT2D eigenvalue weighted by atomic mass is 16.6. The van der Waals surface area contributed by atoms with Gasteiger partial charge in [-0.2, -0.15) is 4.98 Å². The van der Waals surface area contributed by atoms with Crippen LogP contribution in [0.25, 0.3) is 0 Å². The van der Waals surface area contributed by atoms with Gasteiger partial charge in [0.05, 0.1) is 17.1 Å². The van der Waals surface area contributed by atoms with Crippen molar-refractivity contribution < 1.29 is 10.0 Å². The van der Waals surface area contributed by atoms with Crippen LogP contribution in [0, 0.1) is 10.1 Å². The average Bonchev–Trinajstić information content (AvgIpc) is 2.87. The fourth-order valence-corrected chi connectivity index (χ4v) is 2.30. The molecule has 0 saturated heterocycles. The largest absolute Gasteiger partial charge is 0.394 e. The first kappa shape index (κ1) is 13.4. The lowest BCUT2D eigenvalue weighted by Gasteiger charge is -2.28. The van der Waals surface area contributed by atoms with Gasteiger partial charge in [0.15, 0.2) is 0 Å². The lowest BCUT2D eigenvalue weighted by Crippen LogP contribution is -2.39. The monoisotopic (exact) mass is 268 g/mol. The van der Waals surface area contributed by atoms with E-state index in [1.807, 2.05) is 0 Å². The molecule has 0 spiro atoms. The van der Waals surface area contributed by atoms with E-state index in [1.54, 1.807) is 0 Å². The highest BCUT2D eigenvalue weighted by Gasteiger charge is 2.35. The number of aliphatic hydroxyl groups is 1. The lowest BCUT2D eigenvalue weighted by atomic mass is 9.99. The molecule has 1 aromatic rings. The molecule has 9 nitrogen and oxygen atoms in total. The van der Waals surface area contributed by atoms with Gasteiger partial charge in [-0.1, -0.05) is 12.8 Å². The molecule has 19 heavy (non-hydrogen) atoms. The van der Waals surface area contributed by atoms with Gasteiger partial charge in [-0.05, 0) is 12.8 Å². The number of anilines is 2. The van der Waals surface area contributed by atoms with Gasteiger partial charge >= 0.3 is 5.69 Å². The summed E-state index contributed by atoms with van der Waals surface area (Å²) in [5.74, 6) is 5.35. The van der Waals surface area contributed by atoms with Crippen molar-refractivity contribution in [2.75, 3.05) is 17.3 Å². The van der Waals surface area contributed by atoms with E-state index in [1.165, 1.54) is 0 Å². The van der Waals surface area contributed by atoms with Crippen molar-refractivity contribution in [3.8, 4) is 0 Å². The highest BCUT2D eigenvalue weighted by molar-refractivity contribution is 5.58. The van der Waals surface area contributed by atoms with Crippen molar-refractivity contribution in [3.63, 3.8) is 0 Å². The molecule has 5 N–H and O–H groups in total. The summed E-state index contributed by atoms with van der Waals surface area (Å²) in [5, 5.41) is 23.5. The van der Waals surface area contributed by atoms with Crippen LogP contribution in [0.1, 0.15) is 25.7 Å². The molecule has 0 atom stereocenters. The molecule has 1 aliphatic carbocycles. The molecule has 0 unspecified atom stereocenters. The van der Waals surface area contributed by atoms with Crippen molar-refractivity contribution in [2.24, 2.45) is 5.84 Å². The number of rotatable bonds is 5. The minimum atomic E-state index is -0.567. The molecule has 2 rings (SSSR count). The van der Waals surface area contributed by atoms with Gasteiger partial charge in [-0.3, -0.25) is 15.5 Å². The van der Waals surface area contributed by atoms with Gasteiger partial charge < -0.3 is 10.4 Å². The van der Waals surface area contributed by atoms with Crippen molar-refractivity contribution >= 4 is 17.5 Å². The Morgan fingerprint density at radius 3 is 2.74 bits per heavy atom. The summed E-state index contributed by atoms with van der Waals surface area (Å²) in [4.78, 5) is 18.1. The van der Waals surface area contributed by atoms with E-state index < -0.39 is 10.5 Å². The van der Waals surface area contributed by atoms with Crippen LogP contribution in [0.5, 0.6) is 0 Å². The number of aromatic nitrogens is 2. The van der Waals surface area contributed by atoms with Crippen LogP contribution < -0.4 is 16.6 Å². The zero-order valence-corrected chi connectivity index (χ0v) is 10.3. The van der Waals surface area contributed by atoms with E-state index in [4.69, 9.17) is 5.84 Å². The quantitative estimate of drug-likeness (QED) is 0.341. The number of hydrogen-bond donors (Lipinski definition) is 4. The number of nitrogen functional groups attached to an aromatic ring is 1. The molecule has 0 aliphatic heterocycles. The van der Waals surface area contributed by atoms with E-state index >= 15 is 0 Å². The Kier molecular flexibility index (Phi) is 3.76. The third-order valence-electron chi connectivity index (χ3n) is 3.34. The lowest BCUT2D eigenvalue weighted by molar-refractivity contribution is -0.384. The van der Waals surface area contributed by atoms with Crippen molar-refractivity contribution in [3.05, 3.63) is 16.3 Å². The van der Waals surface area contributed by atoms with Crippen LogP contribution in [0.15, 0.2) is 6.20 Å². The van der Waals surface area contributed by atoms with E-state index in [0.717, 1.165) is 31.9 Å². The predicted molar refractivity (Wildman–Crippen MR) is 68.4 cm³/mol. The topological polar surface area (TPSA) is 139 Å². The van der Waals surface area contributed by atoms with Crippen molar-refractivity contribution in [2.45, 2.75) is 31.2 Å². The second-order valence-corrected chi connectivity index (χ2v) is 4.60. The van der Waals surface area contributed by atoms with Crippen LogP contribution in [-0.4, -0.2) is 32.1 Å². The summed E-state index contributed by atoms with van der Waals surface area (Å²) >= 11 is 0. The maximum Gasteiger partial charge on any atom is 0.329 e. The van der Waals surface area contributed by atoms with Crippen LogP contribution >= 0.6 is 0 Å². The molecule has 1 aliphatic rings. The van der Waals surface area contributed by atoms with Gasteiger partial charge in [-0.25, -0.2) is 10.8 Å². The maximum atomic E-state index is 11.0. The third-order valence-corrected chi connectivity index (χ3v) is 3.34. The summed E-state index contributed by atoms with van der Waals surface area (Å²) in [7, 11) is 0. The number of hydrogen-bond acceptors (Lipinski definition) is 8. The zero-order chi connectivity index (χ0) is 13.9. The summed E-state index contributed by atoms with van der Waals surface area (Å²) in [5.41, 5.74) is 1.45. The number of aliphatic hydroxyl groups excluding tert-OH is 1. The first-order valence-electron chi connectivity index (χ1n) is 5.97. The second-order valence-electron chi connectivity index (χ2n) is 4.60. The van der Waals surface area contributed by atoms with E-state index in [2.05, 4.69) is 20.7 Å². The maximum absolute atomic E-state index is 11.0. The summed E-state index contributed by atoms with van der Waals surface area (Å²) < 4.78 is 0. The Bertz CT molecular complexity index is 474. The normalized spacial score (nSPS) is 17.2. The highest BCUT2D eigenvalue weighted by Crippen LogP contribution is 2.34. The molecule has 0 radical (unpaired) electrons. The fourth-order valence-electron chi connectivity index (χ4n) is 2.30. The standard InChI is InChI=1S/C10H16N6O3/c11-15-9-12-5-7(16(18)19)8(13-9)14-10(6-17)3-1-2-4-10/h5,17H,1-4,6,11H2,(H2,12,13,14,15). The Morgan fingerprint density at radius 2 is 2.21 bits per heavy atom. The molecular weight excluding hydrogens is 252 g/mol. The Hall–Kier alpha value is -2.00. The van der Waals surface area contributed by atoms with Gasteiger partial charge in [0, 0.05) is 0 Å². The van der Waals surface area contributed by atoms with Crippen molar-refractivity contribution in [1.29, 1.82) is 0 Å². The number of nitro groups is 1. The molecule has 1 fully saturated rings. The molecule has 0 bridgehead atoms. The van der Waals surface area contributed by atoms with Gasteiger partial charge in [0.1, 0.15) is 6.20 Å². The molecule has 1 saturated carbocycles. The van der Waals surface area contributed by atoms with Gasteiger partial charge in [0.25, 0.3) is 0 Å². The summed E-state index contributed by atoms with van der Waals surface area (Å²) in [6, 6.07) is 0. The van der Waals surface area contributed by atoms with E-state index in [0.29, 0.717) is 0 Å². The molecular formula is C10H16N6O3. The molecule has 104 valence electrons. The van der Waals surface area contributed by atoms with Crippen molar-refractivity contribution in [1.82, 2.24) is 9.97 Å². The van der Waals surface area contributed by atoms with E-state index in [-0.39, 0.29) is 24.1 Å². The number of hydrazine groups is 1. The Balaban J connectivity index is 2.33. The first-order chi connectivity index (χ1) is 9.10. The Morgan fingerprint density at radius 1 is 1.53 bits per heavy atom. The van der Waals surface area contributed by atoms with Crippen LogP contribution in [0.3, 0.4) is 0 Å². The van der Waals surface area contributed by atoms with Crippen LogP contribution in [0.4, 0.5) is 17.5 Å². The molecule has 0 aromatic carbocycles. The Labute approximate surface area is 109 Å². The molecule has 1 heterocycles. The van der Waals surface area contributed by atoms with E-state index in [9.17, 15) is 15.2 Å². The first-order valence-corrected chi connectivity index (χ1v) is 5.97. The molecule has 1 aromatic heterocycles. The van der Waals surface area contributed by atoms with Crippen LogP contribution in [0.2, 0.25) is 0 Å². The fraction of sp³-hybridized carbons (Fsp3) is 0.600. The second kappa shape index (κ2) is 5.33. The molecule has 0 amide bonds. The third kappa shape index (κ3) is 2.71. The predicted octanol–water partition coefficient (Wildman–Crippen LogP) is 0.387.